The maximum absolute atomic E-state index is 13.6. The molecule has 0 unspecified atom stereocenters. The minimum Gasteiger partial charge on any atom is -0.277 e. The molecule has 2 rings (SSSR count). The summed E-state index contributed by atoms with van der Waals surface area (Å²) in [6, 6.07) is 8.76. The van der Waals surface area contributed by atoms with Gasteiger partial charge in [-0.15, -0.1) is 0 Å². The van der Waals surface area contributed by atoms with E-state index in [1.807, 2.05) is 6.92 Å². The molecule has 0 saturated carbocycles. The third kappa shape index (κ3) is 3.21. The van der Waals surface area contributed by atoms with Crippen molar-refractivity contribution in [2.75, 3.05) is 4.72 Å². The van der Waals surface area contributed by atoms with Crippen LogP contribution >= 0.6 is 31.9 Å². The van der Waals surface area contributed by atoms with Crippen molar-refractivity contribution >= 4 is 47.6 Å². The first-order valence-electron chi connectivity index (χ1n) is 5.54. The predicted octanol–water partition coefficient (Wildman–Crippen LogP) is 4.46. The van der Waals surface area contributed by atoms with Crippen molar-refractivity contribution in [3.05, 3.63) is 56.7 Å². The van der Waals surface area contributed by atoms with Crippen molar-refractivity contribution < 1.29 is 12.8 Å². The van der Waals surface area contributed by atoms with E-state index >= 15 is 0 Å². The van der Waals surface area contributed by atoms with Crippen LogP contribution in [0.25, 0.3) is 0 Å². The molecule has 0 aromatic heterocycles. The van der Waals surface area contributed by atoms with Crippen molar-refractivity contribution in [3.63, 3.8) is 0 Å². The molecule has 2 aromatic carbocycles. The second-order valence-electron chi connectivity index (χ2n) is 4.14. The Morgan fingerprint density at radius 1 is 1.10 bits per heavy atom. The number of hydrogen-bond acceptors (Lipinski definition) is 2. The van der Waals surface area contributed by atoms with Gasteiger partial charge >= 0.3 is 0 Å². The van der Waals surface area contributed by atoms with Gasteiger partial charge in [-0.2, -0.15) is 0 Å². The lowest BCUT2D eigenvalue weighted by molar-refractivity contribution is 0.570. The highest BCUT2D eigenvalue weighted by molar-refractivity contribution is 9.11. The van der Waals surface area contributed by atoms with E-state index in [1.54, 1.807) is 12.1 Å². The van der Waals surface area contributed by atoms with Crippen molar-refractivity contribution in [2.45, 2.75) is 11.8 Å². The van der Waals surface area contributed by atoms with Gasteiger partial charge < -0.3 is 0 Å². The minimum atomic E-state index is -3.99. The number of rotatable bonds is 3. The molecule has 0 aliphatic carbocycles. The summed E-state index contributed by atoms with van der Waals surface area (Å²) < 4.78 is 41.6. The fourth-order valence-electron chi connectivity index (χ4n) is 1.65. The lowest BCUT2D eigenvalue weighted by Gasteiger charge is -2.13. The third-order valence-corrected chi connectivity index (χ3v) is 5.18. The van der Waals surface area contributed by atoms with Gasteiger partial charge in [0.1, 0.15) is 10.7 Å². The normalized spacial score (nSPS) is 11.4. The van der Waals surface area contributed by atoms with Gasteiger partial charge in [0.05, 0.1) is 5.69 Å². The van der Waals surface area contributed by atoms with Gasteiger partial charge in [-0.05, 0) is 68.6 Å². The van der Waals surface area contributed by atoms with Gasteiger partial charge in [0.15, 0.2) is 0 Å². The van der Waals surface area contributed by atoms with Crippen molar-refractivity contribution in [3.8, 4) is 0 Å². The second-order valence-corrected chi connectivity index (χ2v) is 7.50. The molecule has 20 heavy (non-hydrogen) atoms. The molecule has 3 nitrogen and oxygen atoms in total. The van der Waals surface area contributed by atoms with Crippen LogP contribution < -0.4 is 4.72 Å². The molecule has 7 heteroatoms. The minimum absolute atomic E-state index is 0.332. The van der Waals surface area contributed by atoms with Gasteiger partial charge in [0.25, 0.3) is 10.0 Å². The summed E-state index contributed by atoms with van der Waals surface area (Å²) in [5, 5.41) is 0. The smallest absolute Gasteiger partial charge is 0.264 e. The summed E-state index contributed by atoms with van der Waals surface area (Å²) in [4.78, 5) is -0.389. The van der Waals surface area contributed by atoms with E-state index in [9.17, 15) is 12.8 Å². The average molecular weight is 423 g/mol. The van der Waals surface area contributed by atoms with Crippen molar-refractivity contribution in [2.24, 2.45) is 0 Å². The quantitative estimate of drug-likeness (QED) is 0.793. The maximum atomic E-state index is 13.6. The standard InChI is InChI=1S/C13H10Br2FNO2S/c1-8-6-9(14)13(10(15)7-8)17-20(18,19)12-5-3-2-4-11(12)16/h2-7,17H,1H3. The SMILES string of the molecule is Cc1cc(Br)c(NS(=O)(=O)c2ccccc2F)c(Br)c1. The van der Waals surface area contributed by atoms with Crippen LogP contribution in [0.1, 0.15) is 5.56 Å². The molecule has 0 amide bonds. The first-order valence-corrected chi connectivity index (χ1v) is 8.61. The molecule has 0 saturated heterocycles. The molecule has 0 bridgehead atoms. The number of anilines is 1. The fraction of sp³-hybridized carbons (Fsp3) is 0.0769. The topological polar surface area (TPSA) is 46.2 Å². The van der Waals surface area contributed by atoms with E-state index in [0.29, 0.717) is 14.6 Å². The molecule has 0 heterocycles. The van der Waals surface area contributed by atoms with Gasteiger partial charge in [-0.1, -0.05) is 12.1 Å². The molecule has 1 N–H and O–H groups in total. The highest BCUT2D eigenvalue weighted by atomic mass is 79.9. The van der Waals surface area contributed by atoms with Gasteiger partial charge in [0.2, 0.25) is 0 Å². The molecular weight excluding hydrogens is 413 g/mol. The summed E-state index contributed by atoms with van der Waals surface area (Å²) in [5.74, 6) is -0.792. The Bertz CT molecular complexity index is 740. The average Bonchev–Trinajstić information content (AvgIpc) is 2.34. The molecular formula is C13H10Br2FNO2S. The third-order valence-electron chi connectivity index (χ3n) is 2.55. The van der Waals surface area contributed by atoms with Crippen LogP contribution in [-0.4, -0.2) is 8.42 Å². The Morgan fingerprint density at radius 3 is 2.20 bits per heavy atom. The summed E-state index contributed by atoms with van der Waals surface area (Å²) in [7, 11) is -3.99. The zero-order valence-electron chi connectivity index (χ0n) is 10.3. The highest BCUT2D eigenvalue weighted by Crippen LogP contribution is 2.34. The zero-order valence-corrected chi connectivity index (χ0v) is 14.3. The number of nitrogens with one attached hydrogen (secondary N) is 1. The van der Waals surface area contributed by atoms with Crippen LogP contribution in [0.5, 0.6) is 0 Å². The number of halogens is 3. The molecule has 106 valence electrons. The Hall–Kier alpha value is -0.920. The van der Waals surface area contributed by atoms with Crippen LogP contribution in [0.4, 0.5) is 10.1 Å². The Morgan fingerprint density at radius 2 is 1.65 bits per heavy atom. The molecule has 0 aliphatic rings. The number of aryl methyl sites for hydroxylation is 1. The number of sulfonamides is 1. The summed E-state index contributed by atoms with van der Waals surface area (Å²) in [6.07, 6.45) is 0. The summed E-state index contributed by atoms with van der Waals surface area (Å²) in [6.45, 7) is 1.88. The highest BCUT2D eigenvalue weighted by Gasteiger charge is 2.21. The van der Waals surface area contributed by atoms with Crippen LogP contribution in [-0.2, 0) is 10.0 Å². The van der Waals surface area contributed by atoms with E-state index in [0.717, 1.165) is 11.6 Å². The van der Waals surface area contributed by atoms with Crippen LogP contribution in [0.3, 0.4) is 0 Å². The first-order chi connectivity index (χ1) is 9.31. The van der Waals surface area contributed by atoms with Crippen LogP contribution in [0.2, 0.25) is 0 Å². The monoisotopic (exact) mass is 421 g/mol. The van der Waals surface area contributed by atoms with Crippen molar-refractivity contribution in [1.82, 2.24) is 0 Å². The fourth-order valence-corrected chi connectivity index (χ4v) is 4.71. The number of hydrogen-bond donors (Lipinski definition) is 1. The lowest BCUT2D eigenvalue weighted by atomic mass is 10.2. The van der Waals surface area contributed by atoms with Gasteiger partial charge in [-0.3, -0.25) is 4.72 Å². The van der Waals surface area contributed by atoms with E-state index in [2.05, 4.69) is 36.6 Å². The van der Waals surface area contributed by atoms with Crippen LogP contribution in [0.15, 0.2) is 50.2 Å². The molecule has 0 aliphatic heterocycles. The predicted molar refractivity (Wildman–Crippen MR) is 83.8 cm³/mol. The molecule has 0 atom stereocenters. The largest absolute Gasteiger partial charge is 0.277 e. The summed E-state index contributed by atoms with van der Waals surface area (Å²) >= 11 is 6.58. The Labute approximate surface area is 133 Å². The molecule has 2 aromatic rings. The second kappa shape index (κ2) is 5.83. The van der Waals surface area contributed by atoms with E-state index in [4.69, 9.17) is 0 Å². The molecule has 0 fully saturated rings. The molecule has 0 radical (unpaired) electrons. The maximum Gasteiger partial charge on any atom is 0.264 e. The van der Waals surface area contributed by atoms with E-state index < -0.39 is 15.8 Å². The Balaban J connectivity index is 2.47. The van der Waals surface area contributed by atoms with Crippen molar-refractivity contribution in [1.29, 1.82) is 0 Å². The zero-order chi connectivity index (χ0) is 14.9. The van der Waals surface area contributed by atoms with E-state index in [1.165, 1.54) is 18.2 Å². The number of benzene rings is 2. The van der Waals surface area contributed by atoms with Crippen LogP contribution in [0, 0.1) is 12.7 Å². The lowest BCUT2D eigenvalue weighted by Crippen LogP contribution is -2.15. The summed E-state index contributed by atoms with van der Waals surface area (Å²) in [5.41, 5.74) is 1.29. The first kappa shape index (κ1) is 15.5. The van der Waals surface area contributed by atoms with Gasteiger partial charge in [0, 0.05) is 8.95 Å². The van der Waals surface area contributed by atoms with E-state index in [-0.39, 0.29) is 4.90 Å². The Kier molecular flexibility index (Phi) is 4.51. The van der Waals surface area contributed by atoms with Gasteiger partial charge in [-0.25, -0.2) is 12.8 Å². The molecule has 0 spiro atoms.